The molecule has 4 nitrogen and oxygen atoms in total. The van der Waals surface area contributed by atoms with Gasteiger partial charge in [0, 0.05) is 23.5 Å². The van der Waals surface area contributed by atoms with Gasteiger partial charge >= 0.3 is 6.18 Å². The highest BCUT2D eigenvalue weighted by atomic mass is 32.2. The lowest BCUT2D eigenvalue weighted by Gasteiger charge is -2.07. The van der Waals surface area contributed by atoms with Gasteiger partial charge in [0.25, 0.3) is 0 Å². The number of alkyl halides is 3. The molecule has 0 radical (unpaired) electrons. The number of hydrogen-bond donors (Lipinski definition) is 1. The maximum Gasteiger partial charge on any atom is 0.398 e. The number of nitrogens with one attached hydrogen (secondary N) is 1. The lowest BCUT2D eigenvalue weighted by molar-refractivity contribution is -0.105. The molecule has 2 heterocycles. The van der Waals surface area contributed by atoms with Crippen LogP contribution in [0.4, 0.5) is 13.2 Å². The van der Waals surface area contributed by atoms with Gasteiger partial charge in [-0.25, -0.2) is 9.97 Å². The van der Waals surface area contributed by atoms with Gasteiger partial charge in [-0.05, 0) is 19.1 Å². The van der Waals surface area contributed by atoms with E-state index in [1.807, 2.05) is 0 Å². The minimum absolute atomic E-state index is 0.0588. The lowest BCUT2D eigenvalue weighted by atomic mass is 10.2. The average molecular weight is 301 g/mol. The molecule has 0 bridgehead atoms. The number of H-pyrrole nitrogens is 1. The van der Waals surface area contributed by atoms with E-state index in [1.165, 1.54) is 12.3 Å². The molecule has 0 unspecified atom stereocenters. The van der Waals surface area contributed by atoms with E-state index in [0.717, 1.165) is 0 Å². The van der Waals surface area contributed by atoms with Crippen molar-refractivity contribution in [2.24, 2.45) is 0 Å². The molecule has 0 amide bonds. The summed E-state index contributed by atoms with van der Waals surface area (Å²) >= 11 is 0.534. The summed E-state index contributed by atoms with van der Waals surface area (Å²) in [5, 5.41) is 0.0588. The number of halogens is 3. The third-order valence-corrected chi connectivity index (χ3v) is 3.19. The van der Waals surface area contributed by atoms with Crippen molar-refractivity contribution in [3.8, 4) is 11.3 Å². The molecule has 2 aromatic rings. The van der Waals surface area contributed by atoms with Gasteiger partial charge in [-0.15, -0.1) is 0 Å². The smallest absolute Gasteiger partial charge is 0.328 e. The fourth-order valence-corrected chi connectivity index (χ4v) is 2.13. The first-order valence-corrected chi connectivity index (χ1v) is 6.56. The Hall–Kier alpha value is -1.83. The minimum atomic E-state index is -4.27. The number of nitrogens with zero attached hydrogens (tertiary/aromatic N) is 2. The molecule has 8 heteroatoms. The van der Waals surface area contributed by atoms with Gasteiger partial charge in [-0.3, -0.25) is 4.79 Å². The van der Waals surface area contributed by atoms with Crippen LogP contribution in [-0.4, -0.2) is 26.9 Å². The Bertz CT molecular complexity index is 649. The van der Waals surface area contributed by atoms with Gasteiger partial charge in [0.15, 0.2) is 5.16 Å². The van der Waals surface area contributed by atoms with Gasteiger partial charge < -0.3 is 4.98 Å². The molecule has 0 aliphatic rings. The molecule has 0 spiro atoms. The molecular formula is C12H10F3N3OS. The van der Waals surface area contributed by atoms with Crippen molar-refractivity contribution in [2.45, 2.75) is 18.3 Å². The number of rotatable bonds is 3. The Morgan fingerprint density at radius 3 is 2.65 bits per heavy atom. The van der Waals surface area contributed by atoms with E-state index in [0.29, 0.717) is 28.7 Å². The van der Waals surface area contributed by atoms with Crippen LogP contribution in [0.25, 0.3) is 11.3 Å². The van der Waals surface area contributed by atoms with Crippen molar-refractivity contribution in [3.63, 3.8) is 0 Å². The number of aromatic amines is 1. The predicted octanol–water partition coefficient (Wildman–Crippen LogP) is 2.79. The van der Waals surface area contributed by atoms with Crippen LogP contribution in [0.5, 0.6) is 0 Å². The summed E-state index contributed by atoms with van der Waals surface area (Å²) in [4.78, 5) is 21.5. The summed E-state index contributed by atoms with van der Waals surface area (Å²) in [7, 11) is 0. The van der Waals surface area contributed by atoms with Crippen LogP contribution in [0.2, 0.25) is 0 Å². The SMILES string of the molecule is Cc1cc(-c2ccc(=O)[nH]c2)nc(SCC(F)(F)F)n1. The van der Waals surface area contributed by atoms with E-state index in [-0.39, 0.29) is 10.7 Å². The lowest BCUT2D eigenvalue weighted by Crippen LogP contribution is -2.11. The molecule has 0 fully saturated rings. The highest BCUT2D eigenvalue weighted by Gasteiger charge is 2.28. The monoisotopic (exact) mass is 301 g/mol. The zero-order valence-corrected chi connectivity index (χ0v) is 11.2. The standard InChI is InChI=1S/C12H10F3N3OS/c1-7-4-9(8-2-3-10(19)16-5-8)18-11(17-7)20-6-12(13,14)15/h2-5H,6H2,1H3,(H,16,19). The molecule has 0 aliphatic heterocycles. The largest absolute Gasteiger partial charge is 0.398 e. The minimum Gasteiger partial charge on any atom is -0.328 e. The quantitative estimate of drug-likeness (QED) is 0.699. The molecule has 2 aromatic heterocycles. The molecule has 0 saturated heterocycles. The number of aryl methyl sites for hydroxylation is 1. The molecule has 1 N–H and O–H groups in total. The molecule has 106 valence electrons. The second-order valence-corrected chi connectivity index (χ2v) is 4.97. The Kier molecular flexibility index (Phi) is 4.12. The average Bonchev–Trinajstić information content (AvgIpc) is 2.36. The summed E-state index contributed by atoms with van der Waals surface area (Å²) in [6.45, 7) is 1.68. The molecule has 2 rings (SSSR count). The number of thioether (sulfide) groups is 1. The Morgan fingerprint density at radius 2 is 2.05 bits per heavy atom. The first-order chi connectivity index (χ1) is 9.33. The van der Waals surface area contributed by atoms with Crippen LogP contribution in [0.1, 0.15) is 5.69 Å². The van der Waals surface area contributed by atoms with Crippen molar-refractivity contribution in [3.05, 3.63) is 40.4 Å². The summed E-state index contributed by atoms with van der Waals surface area (Å²) in [5.74, 6) is -1.04. The second-order valence-electron chi connectivity index (χ2n) is 4.02. The maximum atomic E-state index is 12.2. The second kappa shape index (κ2) is 5.66. The zero-order valence-electron chi connectivity index (χ0n) is 10.4. The fourth-order valence-electron chi connectivity index (χ4n) is 1.47. The highest BCUT2D eigenvalue weighted by Crippen LogP contribution is 2.26. The predicted molar refractivity (Wildman–Crippen MR) is 69.6 cm³/mol. The Labute approximate surface area is 116 Å². The van der Waals surface area contributed by atoms with Crippen molar-refractivity contribution in [2.75, 3.05) is 5.75 Å². The van der Waals surface area contributed by atoms with Crippen LogP contribution >= 0.6 is 11.8 Å². The van der Waals surface area contributed by atoms with E-state index in [4.69, 9.17) is 0 Å². The first-order valence-electron chi connectivity index (χ1n) is 5.58. The fraction of sp³-hybridized carbons (Fsp3) is 0.250. The Morgan fingerprint density at radius 1 is 1.30 bits per heavy atom. The third kappa shape index (κ3) is 4.09. The third-order valence-electron chi connectivity index (χ3n) is 2.28. The van der Waals surface area contributed by atoms with Crippen LogP contribution < -0.4 is 5.56 Å². The van der Waals surface area contributed by atoms with Crippen molar-refractivity contribution in [1.29, 1.82) is 0 Å². The van der Waals surface area contributed by atoms with Crippen LogP contribution in [0, 0.1) is 6.92 Å². The van der Waals surface area contributed by atoms with Crippen LogP contribution in [0.3, 0.4) is 0 Å². The summed E-state index contributed by atoms with van der Waals surface area (Å²) in [6.07, 6.45) is -2.81. The molecule has 0 atom stereocenters. The van der Waals surface area contributed by atoms with E-state index in [1.54, 1.807) is 19.1 Å². The number of pyridine rings is 1. The maximum absolute atomic E-state index is 12.2. The van der Waals surface area contributed by atoms with Crippen molar-refractivity contribution in [1.82, 2.24) is 15.0 Å². The topological polar surface area (TPSA) is 58.6 Å². The van der Waals surface area contributed by atoms with E-state index >= 15 is 0 Å². The van der Waals surface area contributed by atoms with Gasteiger partial charge in [0.05, 0.1) is 11.4 Å². The van der Waals surface area contributed by atoms with Crippen LogP contribution in [-0.2, 0) is 0 Å². The van der Waals surface area contributed by atoms with Crippen LogP contribution in [0.15, 0.2) is 34.3 Å². The Balaban J connectivity index is 2.29. The van der Waals surface area contributed by atoms with Gasteiger partial charge in [0.2, 0.25) is 5.56 Å². The van der Waals surface area contributed by atoms with Gasteiger partial charge in [0.1, 0.15) is 0 Å². The van der Waals surface area contributed by atoms with E-state index in [2.05, 4.69) is 15.0 Å². The summed E-state index contributed by atoms with van der Waals surface area (Å²) in [6, 6.07) is 4.53. The zero-order chi connectivity index (χ0) is 14.8. The van der Waals surface area contributed by atoms with Gasteiger partial charge in [-0.1, -0.05) is 11.8 Å². The van der Waals surface area contributed by atoms with E-state index in [9.17, 15) is 18.0 Å². The normalized spacial score (nSPS) is 11.6. The molecule has 0 saturated carbocycles. The summed E-state index contributed by atoms with van der Waals surface area (Å²) in [5.41, 5.74) is 1.39. The van der Waals surface area contributed by atoms with Gasteiger partial charge in [-0.2, -0.15) is 13.2 Å². The number of aromatic nitrogens is 3. The highest BCUT2D eigenvalue weighted by molar-refractivity contribution is 7.99. The molecule has 20 heavy (non-hydrogen) atoms. The molecular weight excluding hydrogens is 291 g/mol. The molecule has 0 aliphatic carbocycles. The van der Waals surface area contributed by atoms with E-state index < -0.39 is 11.9 Å². The molecule has 0 aromatic carbocycles. The first kappa shape index (κ1) is 14.6. The summed E-state index contributed by atoms with van der Waals surface area (Å²) < 4.78 is 36.6. The van der Waals surface area contributed by atoms with Crippen molar-refractivity contribution < 1.29 is 13.2 Å². The number of hydrogen-bond acceptors (Lipinski definition) is 4. The van der Waals surface area contributed by atoms with Crippen molar-refractivity contribution >= 4 is 11.8 Å².